The standard InChI is InChI=1S/C38H56N2O4S/c1-26-10-13-36(40(25-26)20-19-39-45(43,44)21-16-29-8-6-5-7-9-29)28(3)38(42)18-15-32-33-12-11-30-22-31(41)14-17-37(30,4)35(33)23-34(32)27(2)24-38/h5-9,22,26,28,32-33,35-36,39,42H,10-21,23-25H2,1-4H3. The number of aliphatic hydroxyl groups is 1. The van der Waals surface area contributed by atoms with E-state index in [4.69, 9.17) is 0 Å². The molecule has 0 spiro atoms. The van der Waals surface area contributed by atoms with Gasteiger partial charge in [0.15, 0.2) is 5.78 Å². The van der Waals surface area contributed by atoms with Crippen LogP contribution in [0.2, 0.25) is 0 Å². The van der Waals surface area contributed by atoms with E-state index < -0.39 is 15.6 Å². The Kier molecular flexibility index (Phi) is 9.57. The fraction of sp³-hybridized carbons (Fsp3) is 0.711. The lowest BCUT2D eigenvalue weighted by Gasteiger charge is -2.49. The van der Waals surface area contributed by atoms with E-state index in [0.717, 1.165) is 63.5 Å². The molecule has 0 amide bonds. The molecule has 1 aliphatic heterocycles. The minimum Gasteiger partial charge on any atom is -0.389 e. The van der Waals surface area contributed by atoms with Crippen molar-refractivity contribution in [3.05, 3.63) is 58.7 Å². The van der Waals surface area contributed by atoms with E-state index in [1.807, 2.05) is 36.4 Å². The first-order chi connectivity index (χ1) is 21.4. The second-order valence-corrected chi connectivity index (χ2v) is 17.7. The zero-order chi connectivity index (χ0) is 32.0. The van der Waals surface area contributed by atoms with Crippen molar-refractivity contribution < 1.29 is 18.3 Å². The molecule has 0 aromatic heterocycles. The summed E-state index contributed by atoms with van der Waals surface area (Å²) < 4.78 is 28.5. The van der Waals surface area contributed by atoms with Crippen LogP contribution in [0.25, 0.3) is 0 Å². The summed E-state index contributed by atoms with van der Waals surface area (Å²) in [6, 6.07) is 10.0. The van der Waals surface area contributed by atoms with Gasteiger partial charge < -0.3 is 5.11 Å². The predicted octanol–water partition coefficient (Wildman–Crippen LogP) is 6.46. The second kappa shape index (κ2) is 13.0. The van der Waals surface area contributed by atoms with E-state index in [9.17, 15) is 18.3 Å². The van der Waals surface area contributed by atoms with E-state index in [0.29, 0.717) is 55.4 Å². The number of ketones is 1. The molecule has 248 valence electrons. The van der Waals surface area contributed by atoms with Crippen molar-refractivity contribution in [3.63, 3.8) is 0 Å². The molecule has 8 unspecified atom stereocenters. The summed E-state index contributed by atoms with van der Waals surface area (Å²) >= 11 is 0. The Bertz CT molecular complexity index is 1420. The van der Waals surface area contributed by atoms with Gasteiger partial charge in [0, 0.05) is 38.0 Å². The molecule has 4 aliphatic carbocycles. The fourth-order valence-electron chi connectivity index (χ4n) is 10.4. The molecule has 45 heavy (non-hydrogen) atoms. The summed E-state index contributed by atoms with van der Waals surface area (Å²) in [5, 5.41) is 12.5. The van der Waals surface area contributed by atoms with Crippen molar-refractivity contribution in [2.45, 2.75) is 110 Å². The molecule has 1 aromatic rings. The van der Waals surface area contributed by atoms with Crippen LogP contribution in [0.4, 0.5) is 0 Å². The van der Waals surface area contributed by atoms with Crippen molar-refractivity contribution in [2.24, 2.45) is 35.0 Å². The highest BCUT2D eigenvalue weighted by Crippen LogP contribution is 2.63. The average molecular weight is 637 g/mol. The first-order valence-corrected chi connectivity index (χ1v) is 19.4. The number of nitrogens with zero attached hydrogens (tertiary/aromatic N) is 1. The Morgan fingerprint density at radius 3 is 2.64 bits per heavy atom. The van der Waals surface area contributed by atoms with Crippen LogP contribution in [0.3, 0.4) is 0 Å². The maximum atomic E-state index is 12.8. The van der Waals surface area contributed by atoms with Crippen LogP contribution >= 0.6 is 0 Å². The SMILES string of the molecule is CC1=C2CC3C(CCC4=CC(=O)CCC43C)C2CCC(O)(C(C)C2CCC(C)CN2CCNS(=O)(=O)CCc2ccccc2)C1. The minimum atomic E-state index is -3.36. The lowest BCUT2D eigenvalue weighted by atomic mass is 9.56. The number of piperidine rings is 1. The number of benzene rings is 1. The van der Waals surface area contributed by atoms with E-state index in [1.165, 1.54) is 17.6 Å². The molecular weight excluding hydrogens is 580 g/mol. The highest BCUT2D eigenvalue weighted by molar-refractivity contribution is 7.89. The number of hydrogen-bond donors (Lipinski definition) is 2. The molecule has 2 N–H and O–H groups in total. The highest BCUT2D eigenvalue weighted by atomic mass is 32.2. The number of carbonyl (C=O) groups excluding carboxylic acids is 1. The lowest BCUT2D eigenvalue weighted by Crippen LogP contribution is -2.54. The zero-order valence-electron chi connectivity index (χ0n) is 28.1. The molecule has 1 aromatic carbocycles. The number of rotatable bonds is 9. The van der Waals surface area contributed by atoms with Crippen LogP contribution in [0, 0.1) is 35.0 Å². The van der Waals surface area contributed by atoms with Crippen LogP contribution in [0.15, 0.2) is 53.1 Å². The van der Waals surface area contributed by atoms with Crippen molar-refractivity contribution in [2.75, 3.05) is 25.4 Å². The molecule has 6 nitrogen and oxygen atoms in total. The summed E-state index contributed by atoms with van der Waals surface area (Å²) in [4.78, 5) is 14.7. The van der Waals surface area contributed by atoms with Crippen molar-refractivity contribution in [1.29, 1.82) is 0 Å². The van der Waals surface area contributed by atoms with Crippen LogP contribution in [0.1, 0.15) is 97.5 Å². The average Bonchev–Trinajstić information content (AvgIpc) is 3.34. The largest absolute Gasteiger partial charge is 0.389 e. The minimum absolute atomic E-state index is 0.0961. The summed E-state index contributed by atoms with van der Waals surface area (Å²) in [5.41, 5.74) is 4.87. The molecule has 0 radical (unpaired) electrons. The number of sulfonamides is 1. The second-order valence-electron chi connectivity index (χ2n) is 15.8. The summed E-state index contributed by atoms with van der Waals surface area (Å²) in [6.07, 6.45) is 12.3. The number of allylic oxidation sites excluding steroid dienone is 3. The molecule has 8 atom stereocenters. The van der Waals surface area contributed by atoms with E-state index in [-0.39, 0.29) is 23.1 Å². The van der Waals surface area contributed by atoms with Crippen LogP contribution in [0.5, 0.6) is 0 Å². The molecule has 3 fully saturated rings. The molecule has 1 saturated heterocycles. The van der Waals surface area contributed by atoms with Gasteiger partial charge in [-0.2, -0.15) is 0 Å². The van der Waals surface area contributed by atoms with Gasteiger partial charge in [-0.25, -0.2) is 13.1 Å². The van der Waals surface area contributed by atoms with Crippen molar-refractivity contribution in [1.82, 2.24) is 9.62 Å². The number of aryl methyl sites for hydroxylation is 1. The molecule has 1 heterocycles. The molecule has 0 bridgehead atoms. The maximum Gasteiger partial charge on any atom is 0.211 e. The number of hydrogen-bond acceptors (Lipinski definition) is 5. The van der Waals surface area contributed by atoms with Gasteiger partial charge in [0.2, 0.25) is 10.0 Å². The third-order valence-corrected chi connectivity index (χ3v) is 14.5. The zero-order valence-corrected chi connectivity index (χ0v) is 28.9. The quantitative estimate of drug-likeness (QED) is 0.304. The Hall–Kier alpha value is -1.80. The van der Waals surface area contributed by atoms with E-state index >= 15 is 0 Å². The van der Waals surface area contributed by atoms with Gasteiger partial charge in [-0.05, 0) is 112 Å². The molecule has 5 aliphatic rings. The normalized spacial score (nSPS) is 36.5. The van der Waals surface area contributed by atoms with E-state index in [2.05, 4.69) is 37.3 Å². The molecule has 2 saturated carbocycles. The van der Waals surface area contributed by atoms with Gasteiger partial charge in [-0.1, -0.05) is 67.8 Å². The first kappa shape index (κ1) is 33.1. The van der Waals surface area contributed by atoms with Crippen LogP contribution < -0.4 is 4.72 Å². The van der Waals surface area contributed by atoms with Crippen LogP contribution in [-0.2, 0) is 21.2 Å². The maximum absolute atomic E-state index is 12.8. The van der Waals surface area contributed by atoms with Crippen molar-refractivity contribution >= 4 is 15.8 Å². The lowest BCUT2D eigenvalue weighted by molar-refractivity contribution is -0.116. The van der Waals surface area contributed by atoms with Crippen LogP contribution in [-0.4, -0.2) is 61.2 Å². The predicted molar refractivity (Wildman–Crippen MR) is 181 cm³/mol. The monoisotopic (exact) mass is 636 g/mol. The van der Waals surface area contributed by atoms with Gasteiger partial charge >= 0.3 is 0 Å². The number of carbonyl (C=O) groups is 1. The Morgan fingerprint density at radius 2 is 1.87 bits per heavy atom. The molecular formula is C38H56N2O4S. The fourth-order valence-corrected chi connectivity index (χ4v) is 11.4. The molecule has 7 heteroatoms. The summed E-state index contributed by atoms with van der Waals surface area (Å²) in [7, 11) is -3.36. The Labute approximate surface area is 272 Å². The highest BCUT2D eigenvalue weighted by Gasteiger charge is 2.55. The van der Waals surface area contributed by atoms with Gasteiger partial charge in [-0.3, -0.25) is 9.69 Å². The topological polar surface area (TPSA) is 86.7 Å². The Morgan fingerprint density at radius 1 is 1.09 bits per heavy atom. The number of likely N-dealkylation sites (tertiary alicyclic amines) is 1. The Balaban J connectivity index is 1.11. The van der Waals surface area contributed by atoms with Crippen molar-refractivity contribution in [3.8, 4) is 0 Å². The van der Waals surface area contributed by atoms with Gasteiger partial charge in [0.1, 0.15) is 0 Å². The van der Waals surface area contributed by atoms with Gasteiger partial charge in [0.25, 0.3) is 0 Å². The van der Waals surface area contributed by atoms with Gasteiger partial charge in [0.05, 0.1) is 11.4 Å². The third-order valence-electron chi connectivity index (χ3n) is 13.1. The number of nitrogens with one attached hydrogen (secondary N) is 1. The third kappa shape index (κ3) is 6.79. The first-order valence-electron chi connectivity index (χ1n) is 17.8. The smallest absolute Gasteiger partial charge is 0.211 e. The van der Waals surface area contributed by atoms with Gasteiger partial charge in [-0.15, -0.1) is 0 Å². The van der Waals surface area contributed by atoms with E-state index in [1.54, 1.807) is 5.57 Å². The molecule has 6 rings (SSSR count). The summed E-state index contributed by atoms with van der Waals surface area (Å²) in [5.74, 6) is 2.91. The number of fused-ring (bicyclic) bond motifs is 5. The summed E-state index contributed by atoms with van der Waals surface area (Å²) in [6.45, 7) is 11.3.